The lowest BCUT2D eigenvalue weighted by Crippen LogP contribution is -1.84. The van der Waals surface area contributed by atoms with Crippen molar-refractivity contribution in [2.75, 3.05) is 6.26 Å². The van der Waals surface area contributed by atoms with Gasteiger partial charge in [-0.15, -0.1) is 11.8 Å². The Morgan fingerprint density at radius 2 is 1.75 bits per heavy atom. The monoisotopic (exact) mass is 225 g/mol. The lowest BCUT2D eigenvalue weighted by atomic mass is 10.1. The van der Waals surface area contributed by atoms with E-state index >= 15 is 0 Å². The van der Waals surface area contributed by atoms with Crippen molar-refractivity contribution in [1.82, 2.24) is 4.98 Å². The van der Waals surface area contributed by atoms with Gasteiger partial charge in [0.15, 0.2) is 0 Å². The Morgan fingerprint density at radius 1 is 0.938 bits per heavy atom. The molecule has 0 N–H and O–H groups in total. The van der Waals surface area contributed by atoms with Gasteiger partial charge < -0.3 is 0 Å². The first kappa shape index (κ1) is 9.67. The van der Waals surface area contributed by atoms with Gasteiger partial charge in [-0.3, -0.25) is 4.98 Å². The third-order valence-corrected chi connectivity index (χ3v) is 3.57. The van der Waals surface area contributed by atoms with E-state index in [9.17, 15) is 0 Å². The molecule has 0 aliphatic rings. The van der Waals surface area contributed by atoms with Crippen molar-refractivity contribution in [3.63, 3.8) is 0 Å². The van der Waals surface area contributed by atoms with Crippen molar-refractivity contribution in [2.24, 2.45) is 0 Å². The van der Waals surface area contributed by atoms with E-state index in [1.165, 1.54) is 21.1 Å². The van der Waals surface area contributed by atoms with Crippen LogP contribution in [0.3, 0.4) is 0 Å². The summed E-state index contributed by atoms with van der Waals surface area (Å²) in [5.41, 5.74) is 1.11. The Labute approximate surface area is 98.5 Å². The van der Waals surface area contributed by atoms with Crippen molar-refractivity contribution in [2.45, 2.75) is 4.90 Å². The minimum Gasteiger partial charge on any atom is -0.254 e. The molecule has 0 fully saturated rings. The highest BCUT2D eigenvalue weighted by molar-refractivity contribution is 7.98. The molecule has 16 heavy (non-hydrogen) atoms. The minimum absolute atomic E-state index is 1.11. The summed E-state index contributed by atoms with van der Waals surface area (Å²) in [6.07, 6.45) is 4.04. The molecular weight excluding hydrogens is 214 g/mol. The van der Waals surface area contributed by atoms with E-state index < -0.39 is 0 Å². The lowest BCUT2D eigenvalue weighted by Gasteiger charge is -2.05. The number of rotatable bonds is 1. The van der Waals surface area contributed by atoms with Crippen LogP contribution in [-0.2, 0) is 0 Å². The topological polar surface area (TPSA) is 12.9 Å². The second-order valence-corrected chi connectivity index (χ2v) is 4.55. The average molecular weight is 225 g/mol. The van der Waals surface area contributed by atoms with E-state index in [1.54, 1.807) is 11.8 Å². The summed E-state index contributed by atoms with van der Waals surface area (Å²) in [6.45, 7) is 0. The quantitative estimate of drug-likeness (QED) is 0.456. The van der Waals surface area contributed by atoms with Crippen molar-refractivity contribution in [1.29, 1.82) is 0 Å². The van der Waals surface area contributed by atoms with E-state index in [2.05, 4.69) is 47.6 Å². The first-order chi connectivity index (χ1) is 7.90. The summed E-state index contributed by atoms with van der Waals surface area (Å²) in [7, 11) is 0. The van der Waals surface area contributed by atoms with Crippen molar-refractivity contribution >= 4 is 33.4 Å². The number of fused-ring (bicyclic) bond motifs is 3. The first-order valence-corrected chi connectivity index (χ1v) is 6.43. The van der Waals surface area contributed by atoms with Crippen LogP contribution < -0.4 is 0 Å². The summed E-state index contributed by atoms with van der Waals surface area (Å²) >= 11 is 1.74. The van der Waals surface area contributed by atoms with E-state index in [-0.39, 0.29) is 0 Å². The molecule has 0 atom stereocenters. The van der Waals surface area contributed by atoms with Gasteiger partial charge in [0.25, 0.3) is 0 Å². The number of aromatic nitrogens is 1. The smallest absolute Gasteiger partial charge is 0.0844 e. The predicted molar refractivity (Wildman–Crippen MR) is 71.0 cm³/mol. The van der Waals surface area contributed by atoms with Gasteiger partial charge in [0.2, 0.25) is 0 Å². The Kier molecular flexibility index (Phi) is 2.29. The fourth-order valence-electron chi connectivity index (χ4n) is 2.03. The second kappa shape index (κ2) is 3.80. The number of hydrogen-bond acceptors (Lipinski definition) is 2. The van der Waals surface area contributed by atoms with Gasteiger partial charge in [-0.05, 0) is 17.7 Å². The second-order valence-electron chi connectivity index (χ2n) is 3.70. The Bertz CT molecular complexity index is 661. The van der Waals surface area contributed by atoms with Crippen LogP contribution in [0.2, 0.25) is 0 Å². The molecule has 2 heteroatoms. The summed E-state index contributed by atoms with van der Waals surface area (Å²) in [5, 5.41) is 3.72. The molecule has 0 unspecified atom stereocenters. The van der Waals surface area contributed by atoms with Gasteiger partial charge in [0.05, 0.1) is 5.52 Å². The third-order valence-electron chi connectivity index (χ3n) is 2.80. The molecule has 1 aromatic heterocycles. The third kappa shape index (κ3) is 1.38. The summed E-state index contributed by atoms with van der Waals surface area (Å²) in [4.78, 5) is 5.80. The number of nitrogens with zero attached hydrogens (tertiary/aromatic N) is 1. The lowest BCUT2D eigenvalue weighted by molar-refractivity contribution is 1.38. The molecule has 1 nitrogen and oxygen atoms in total. The zero-order valence-electron chi connectivity index (χ0n) is 8.97. The summed E-state index contributed by atoms with van der Waals surface area (Å²) in [5.74, 6) is 0. The van der Waals surface area contributed by atoms with Gasteiger partial charge in [0.1, 0.15) is 0 Å². The number of para-hydroxylation sites is 1. The molecule has 0 radical (unpaired) electrons. The van der Waals surface area contributed by atoms with Crippen LogP contribution >= 0.6 is 11.8 Å². The number of thioether (sulfide) groups is 1. The molecule has 0 amide bonds. The molecular formula is C14H11NS. The molecule has 78 valence electrons. The molecule has 3 rings (SSSR count). The molecule has 0 bridgehead atoms. The van der Waals surface area contributed by atoms with Gasteiger partial charge in [0, 0.05) is 21.9 Å². The van der Waals surface area contributed by atoms with Crippen molar-refractivity contribution in [3.05, 3.63) is 48.7 Å². The zero-order valence-corrected chi connectivity index (χ0v) is 9.79. The van der Waals surface area contributed by atoms with E-state index in [0.29, 0.717) is 0 Å². The molecule has 1 heterocycles. The molecule has 2 aromatic carbocycles. The first-order valence-electron chi connectivity index (χ1n) is 5.20. The Balaban J connectivity index is 2.52. The Hall–Kier alpha value is -1.54. The highest BCUT2D eigenvalue weighted by Crippen LogP contribution is 2.29. The maximum Gasteiger partial charge on any atom is 0.0844 e. The van der Waals surface area contributed by atoms with Gasteiger partial charge in [-0.1, -0.05) is 36.4 Å². The summed E-state index contributed by atoms with van der Waals surface area (Å²) in [6, 6.07) is 14.8. The van der Waals surface area contributed by atoms with Crippen molar-refractivity contribution in [3.8, 4) is 0 Å². The average Bonchev–Trinajstić information content (AvgIpc) is 2.37. The fraction of sp³-hybridized carbons (Fsp3) is 0.0714. The standard InChI is InChI=1S/C14H11NS/c1-16-13-8-4-7-12-11-6-3-2-5-10(11)9-15-14(12)13/h2-9H,1H3. The van der Waals surface area contributed by atoms with Crippen LogP contribution in [0, 0.1) is 0 Å². The van der Waals surface area contributed by atoms with E-state index in [0.717, 1.165) is 5.52 Å². The molecule has 0 saturated heterocycles. The van der Waals surface area contributed by atoms with Crippen LogP contribution in [0.15, 0.2) is 53.6 Å². The summed E-state index contributed by atoms with van der Waals surface area (Å²) < 4.78 is 0. The fourth-order valence-corrected chi connectivity index (χ4v) is 2.60. The van der Waals surface area contributed by atoms with E-state index in [1.807, 2.05) is 12.3 Å². The highest BCUT2D eigenvalue weighted by Gasteiger charge is 2.04. The van der Waals surface area contributed by atoms with Crippen molar-refractivity contribution < 1.29 is 0 Å². The maximum atomic E-state index is 4.56. The van der Waals surface area contributed by atoms with E-state index in [4.69, 9.17) is 0 Å². The van der Waals surface area contributed by atoms with Crippen LogP contribution in [-0.4, -0.2) is 11.2 Å². The molecule has 3 aromatic rings. The van der Waals surface area contributed by atoms with Crippen LogP contribution in [0.1, 0.15) is 0 Å². The number of benzene rings is 2. The van der Waals surface area contributed by atoms with Crippen LogP contribution in [0.25, 0.3) is 21.7 Å². The normalized spacial score (nSPS) is 11.1. The molecule has 0 aliphatic heterocycles. The largest absolute Gasteiger partial charge is 0.254 e. The van der Waals surface area contributed by atoms with Gasteiger partial charge in [-0.25, -0.2) is 0 Å². The van der Waals surface area contributed by atoms with Crippen LogP contribution in [0.4, 0.5) is 0 Å². The van der Waals surface area contributed by atoms with Crippen LogP contribution in [0.5, 0.6) is 0 Å². The highest BCUT2D eigenvalue weighted by atomic mass is 32.2. The van der Waals surface area contributed by atoms with Gasteiger partial charge >= 0.3 is 0 Å². The minimum atomic E-state index is 1.11. The number of hydrogen-bond donors (Lipinski definition) is 0. The molecule has 0 aliphatic carbocycles. The molecule has 0 spiro atoms. The predicted octanol–water partition coefficient (Wildman–Crippen LogP) is 4.11. The molecule has 0 saturated carbocycles. The maximum absolute atomic E-state index is 4.56. The SMILES string of the molecule is CSc1cccc2c1ncc1ccccc12. The number of pyridine rings is 1. The Morgan fingerprint density at radius 3 is 2.62 bits per heavy atom. The van der Waals surface area contributed by atoms with Gasteiger partial charge in [-0.2, -0.15) is 0 Å². The zero-order chi connectivity index (χ0) is 11.0.